The quantitative estimate of drug-likeness (QED) is 0.637. The second kappa shape index (κ2) is 3.58. The second-order valence-corrected chi connectivity index (χ2v) is 5.17. The van der Waals surface area contributed by atoms with Crippen LogP contribution in [0.4, 0.5) is 0 Å². The number of piperazine rings is 1. The summed E-state index contributed by atoms with van der Waals surface area (Å²) < 4.78 is 0. The van der Waals surface area contributed by atoms with Crippen LogP contribution in [-0.4, -0.2) is 48.6 Å². The molecule has 0 spiro atoms. The largest absolute Gasteiger partial charge is 0.301 e. The molecule has 3 rings (SSSR count). The minimum Gasteiger partial charge on any atom is -0.301 e. The first-order valence-corrected chi connectivity index (χ1v) is 5.61. The van der Waals surface area contributed by atoms with Crippen molar-refractivity contribution in [2.45, 2.75) is 38.8 Å². The average Bonchev–Trinajstić information content (AvgIpc) is 2.05. The van der Waals surface area contributed by atoms with Crippen molar-refractivity contribution in [3.05, 3.63) is 0 Å². The van der Waals surface area contributed by atoms with Gasteiger partial charge in [0.1, 0.15) is 0 Å². The number of nitrogens with zero attached hydrogens (tertiary/aromatic N) is 2. The molecular weight excluding hydrogens is 160 g/mol. The van der Waals surface area contributed by atoms with Crippen molar-refractivity contribution in [1.82, 2.24) is 9.80 Å². The van der Waals surface area contributed by atoms with E-state index in [0.29, 0.717) is 0 Å². The van der Waals surface area contributed by atoms with E-state index in [4.69, 9.17) is 0 Å². The standard InChI is InChI=1S/C11H22N2/c1-9(2)6-13-8-10-4-5-11(13)7-12(10)3/h9-11H,4-8H2,1-3H3. The van der Waals surface area contributed by atoms with E-state index < -0.39 is 0 Å². The van der Waals surface area contributed by atoms with E-state index >= 15 is 0 Å². The zero-order chi connectivity index (χ0) is 9.42. The highest BCUT2D eigenvalue weighted by atomic mass is 15.3. The maximum absolute atomic E-state index is 2.71. The van der Waals surface area contributed by atoms with E-state index in [9.17, 15) is 0 Å². The maximum Gasteiger partial charge on any atom is 0.0224 e. The molecule has 2 heteroatoms. The number of hydrogen-bond acceptors (Lipinski definition) is 2. The molecule has 0 aromatic carbocycles. The molecule has 3 fully saturated rings. The van der Waals surface area contributed by atoms with Crippen LogP contribution >= 0.6 is 0 Å². The fraction of sp³-hybridized carbons (Fsp3) is 1.00. The van der Waals surface area contributed by atoms with Gasteiger partial charge in [-0.1, -0.05) is 13.8 Å². The number of hydrogen-bond donors (Lipinski definition) is 0. The minimum absolute atomic E-state index is 0.824. The van der Waals surface area contributed by atoms with Crippen LogP contribution in [0.5, 0.6) is 0 Å². The molecular formula is C11H22N2. The summed E-state index contributed by atoms with van der Waals surface area (Å²) in [5, 5.41) is 0. The lowest BCUT2D eigenvalue weighted by molar-refractivity contribution is -0.0119. The summed E-state index contributed by atoms with van der Waals surface area (Å²) in [7, 11) is 2.28. The van der Waals surface area contributed by atoms with Crippen molar-refractivity contribution >= 4 is 0 Å². The molecule has 3 aliphatic rings. The first-order chi connectivity index (χ1) is 6.16. The van der Waals surface area contributed by atoms with Gasteiger partial charge in [0.2, 0.25) is 0 Å². The lowest BCUT2D eigenvalue weighted by atomic mass is 9.90. The Bertz CT molecular complexity index is 179. The highest BCUT2D eigenvalue weighted by Gasteiger charge is 2.36. The van der Waals surface area contributed by atoms with E-state index in [1.54, 1.807) is 0 Å². The Morgan fingerprint density at radius 3 is 2.31 bits per heavy atom. The molecule has 3 saturated heterocycles. The monoisotopic (exact) mass is 182 g/mol. The molecule has 3 aliphatic heterocycles. The molecule has 2 unspecified atom stereocenters. The van der Waals surface area contributed by atoms with Gasteiger partial charge in [-0.25, -0.2) is 0 Å². The first-order valence-electron chi connectivity index (χ1n) is 5.61. The van der Waals surface area contributed by atoms with E-state index in [0.717, 1.165) is 18.0 Å². The first kappa shape index (κ1) is 9.47. The van der Waals surface area contributed by atoms with Crippen LogP contribution < -0.4 is 0 Å². The fourth-order valence-electron chi connectivity index (χ4n) is 2.82. The van der Waals surface area contributed by atoms with Crippen LogP contribution in [0.25, 0.3) is 0 Å². The van der Waals surface area contributed by atoms with Crippen molar-refractivity contribution in [2.75, 3.05) is 26.7 Å². The molecule has 0 aliphatic carbocycles. The fourth-order valence-corrected chi connectivity index (χ4v) is 2.82. The summed E-state index contributed by atoms with van der Waals surface area (Å²) in [6.07, 6.45) is 2.86. The maximum atomic E-state index is 2.71. The Balaban J connectivity index is 1.94. The highest BCUT2D eigenvalue weighted by molar-refractivity contribution is 4.93. The lowest BCUT2D eigenvalue weighted by Gasteiger charge is -2.50. The van der Waals surface area contributed by atoms with Gasteiger partial charge in [-0.15, -0.1) is 0 Å². The van der Waals surface area contributed by atoms with E-state index in [1.807, 2.05) is 0 Å². The molecule has 3 heterocycles. The van der Waals surface area contributed by atoms with Gasteiger partial charge in [-0.3, -0.25) is 4.90 Å². The topological polar surface area (TPSA) is 6.48 Å². The average molecular weight is 182 g/mol. The van der Waals surface area contributed by atoms with Crippen LogP contribution in [0.3, 0.4) is 0 Å². The van der Waals surface area contributed by atoms with E-state index in [-0.39, 0.29) is 0 Å². The lowest BCUT2D eigenvalue weighted by Crippen LogP contribution is -2.61. The summed E-state index contributed by atoms with van der Waals surface area (Å²) in [6.45, 7) is 8.57. The molecule has 0 N–H and O–H groups in total. The molecule has 2 bridgehead atoms. The van der Waals surface area contributed by atoms with E-state index in [2.05, 4.69) is 30.7 Å². The molecule has 0 aromatic heterocycles. The Kier molecular flexibility index (Phi) is 2.61. The third-order valence-electron chi connectivity index (χ3n) is 3.52. The molecule has 0 amide bonds. The molecule has 0 saturated carbocycles. The third kappa shape index (κ3) is 1.89. The van der Waals surface area contributed by atoms with Gasteiger partial charge in [0.25, 0.3) is 0 Å². The van der Waals surface area contributed by atoms with Crippen LogP contribution in [0.1, 0.15) is 26.7 Å². The molecule has 2 atom stereocenters. The van der Waals surface area contributed by atoms with Gasteiger partial charge in [-0.05, 0) is 25.8 Å². The molecule has 13 heavy (non-hydrogen) atoms. The number of likely N-dealkylation sites (N-methyl/N-ethyl adjacent to an activating group) is 1. The van der Waals surface area contributed by atoms with Crippen molar-refractivity contribution in [2.24, 2.45) is 5.92 Å². The smallest absolute Gasteiger partial charge is 0.0224 e. The predicted octanol–water partition coefficient (Wildman–Crippen LogP) is 1.42. The van der Waals surface area contributed by atoms with Crippen LogP contribution in [0.2, 0.25) is 0 Å². The molecule has 76 valence electrons. The van der Waals surface area contributed by atoms with Gasteiger partial charge < -0.3 is 4.90 Å². The summed E-state index contributed by atoms with van der Waals surface area (Å²) in [5.41, 5.74) is 0. The highest BCUT2D eigenvalue weighted by Crippen LogP contribution is 2.27. The van der Waals surface area contributed by atoms with Gasteiger partial charge in [0.05, 0.1) is 0 Å². The predicted molar refractivity (Wildman–Crippen MR) is 55.9 cm³/mol. The number of piperidine rings is 2. The molecule has 0 radical (unpaired) electrons. The SMILES string of the molecule is CC(C)CN1CC2CCC1CN2C. The summed E-state index contributed by atoms with van der Waals surface area (Å²) in [6, 6.07) is 1.71. The van der Waals surface area contributed by atoms with Crippen molar-refractivity contribution in [3.8, 4) is 0 Å². The Morgan fingerprint density at radius 2 is 1.85 bits per heavy atom. The Labute approximate surface area is 81.9 Å². The van der Waals surface area contributed by atoms with Crippen molar-refractivity contribution < 1.29 is 0 Å². The zero-order valence-corrected chi connectivity index (χ0v) is 9.16. The van der Waals surface area contributed by atoms with Gasteiger partial charge >= 0.3 is 0 Å². The van der Waals surface area contributed by atoms with Crippen LogP contribution in [0.15, 0.2) is 0 Å². The second-order valence-electron chi connectivity index (χ2n) is 5.17. The van der Waals surface area contributed by atoms with Gasteiger partial charge in [0, 0.05) is 31.7 Å². The number of rotatable bonds is 2. The third-order valence-corrected chi connectivity index (χ3v) is 3.52. The normalized spacial score (nSPS) is 36.0. The molecule has 0 aromatic rings. The zero-order valence-electron chi connectivity index (χ0n) is 9.16. The van der Waals surface area contributed by atoms with E-state index in [1.165, 1.54) is 32.5 Å². The summed E-state index contributed by atoms with van der Waals surface area (Å²) in [4.78, 5) is 5.25. The number of fused-ring (bicyclic) bond motifs is 3. The van der Waals surface area contributed by atoms with Crippen LogP contribution in [0, 0.1) is 5.92 Å². The van der Waals surface area contributed by atoms with Crippen molar-refractivity contribution in [3.63, 3.8) is 0 Å². The summed E-state index contributed by atoms with van der Waals surface area (Å²) >= 11 is 0. The Hall–Kier alpha value is -0.0800. The minimum atomic E-state index is 0.824. The van der Waals surface area contributed by atoms with Gasteiger partial charge in [0.15, 0.2) is 0 Å². The van der Waals surface area contributed by atoms with Crippen LogP contribution in [-0.2, 0) is 0 Å². The van der Waals surface area contributed by atoms with Crippen molar-refractivity contribution in [1.29, 1.82) is 0 Å². The molecule has 2 nitrogen and oxygen atoms in total. The Morgan fingerprint density at radius 1 is 1.15 bits per heavy atom. The van der Waals surface area contributed by atoms with Gasteiger partial charge in [-0.2, -0.15) is 0 Å². The summed E-state index contributed by atoms with van der Waals surface area (Å²) in [5.74, 6) is 0.824.